The summed E-state index contributed by atoms with van der Waals surface area (Å²) in [6, 6.07) is -1.38. The second-order valence-electron chi connectivity index (χ2n) is 1.80. The Labute approximate surface area is 56.4 Å². The first kappa shape index (κ1) is 7.83. The Morgan fingerprint density at radius 1 is 1.60 bits per heavy atom. The third-order valence-electron chi connectivity index (χ3n) is 1.00. The predicted molar refractivity (Wildman–Crippen MR) is 27.8 cm³/mol. The van der Waals surface area contributed by atoms with Crippen LogP contribution in [0.25, 0.3) is 0 Å². The number of nitrogens with one attached hydrogen (secondary N) is 1. The number of rotatable bonds is 1. The topological polar surface area (TPSA) is 55.4 Å². The molecule has 0 amide bonds. The molecule has 0 aromatic heterocycles. The monoisotopic (exact) mass is 173 g/mol. The summed E-state index contributed by atoms with van der Waals surface area (Å²) in [6.07, 6.45) is -2.71. The van der Waals surface area contributed by atoms with E-state index in [1.807, 2.05) is 0 Å². The highest BCUT2D eigenvalue weighted by Crippen LogP contribution is 2.10. The Hall–Kier alpha value is -0.270. The summed E-state index contributed by atoms with van der Waals surface area (Å²) in [6.45, 7) is -0.486. The molecule has 1 aliphatic heterocycles. The van der Waals surface area contributed by atoms with Crippen molar-refractivity contribution in [1.29, 1.82) is 0 Å². The van der Waals surface area contributed by atoms with Gasteiger partial charge in [-0.05, 0) is 0 Å². The van der Waals surface area contributed by atoms with Gasteiger partial charge in [0.05, 0.1) is 6.61 Å². The van der Waals surface area contributed by atoms with Gasteiger partial charge in [0.15, 0.2) is 0 Å². The van der Waals surface area contributed by atoms with Gasteiger partial charge in [-0.25, -0.2) is 8.78 Å². The van der Waals surface area contributed by atoms with Gasteiger partial charge in [0, 0.05) is 0 Å². The fourth-order valence-electron chi connectivity index (χ4n) is 0.540. The molecule has 0 unspecified atom stereocenters. The summed E-state index contributed by atoms with van der Waals surface area (Å²) in [5.41, 5.74) is 0. The van der Waals surface area contributed by atoms with E-state index in [4.69, 9.17) is 0 Å². The van der Waals surface area contributed by atoms with Crippen LogP contribution in [0.5, 0.6) is 0 Å². The van der Waals surface area contributed by atoms with E-state index in [1.165, 1.54) is 0 Å². The van der Waals surface area contributed by atoms with E-state index in [0.29, 0.717) is 0 Å². The lowest BCUT2D eigenvalue weighted by atomic mass is 10.4. The molecule has 0 aromatic rings. The van der Waals surface area contributed by atoms with Crippen molar-refractivity contribution in [2.24, 2.45) is 0 Å². The zero-order valence-electron chi connectivity index (χ0n) is 4.75. The fraction of sp³-hybridized carbons (Fsp3) is 1.00. The van der Waals surface area contributed by atoms with Crippen molar-refractivity contribution in [2.75, 3.05) is 6.61 Å². The van der Waals surface area contributed by atoms with Crippen LogP contribution in [0.15, 0.2) is 0 Å². The predicted octanol–water partition coefficient (Wildman–Crippen LogP) is -0.515. The second-order valence-corrected chi connectivity index (χ2v) is 3.18. The summed E-state index contributed by atoms with van der Waals surface area (Å²) in [5, 5.41) is 0. The van der Waals surface area contributed by atoms with E-state index in [2.05, 4.69) is 4.18 Å². The minimum absolute atomic E-state index is 0.486. The number of alkyl halides is 2. The van der Waals surface area contributed by atoms with Gasteiger partial charge in [-0.2, -0.15) is 13.1 Å². The number of halogens is 2. The van der Waals surface area contributed by atoms with Crippen molar-refractivity contribution >= 4 is 10.3 Å². The summed E-state index contributed by atoms with van der Waals surface area (Å²) in [7, 11) is -3.87. The first-order valence-electron chi connectivity index (χ1n) is 2.46. The van der Waals surface area contributed by atoms with Crippen molar-refractivity contribution in [2.45, 2.75) is 12.5 Å². The maximum absolute atomic E-state index is 11.7. The molecule has 1 rings (SSSR count). The van der Waals surface area contributed by atoms with Crippen molar-refractivity contribution in [3.05, 3.63) is 0 Å². The fourth-order valence-corrected chi connectivity index (χ4v) is 1.48. The van der Waals surface area contributed by atoms with Crippen LogP contribution in [-0.2, 0) is 14.5 Å². The van der Waals surface area contributed by atoms with E-state index in [-0.39, 0.29) is 0 Å². The van der Waals surface area contributed by atoms with Crippen molar-refractivity contribution in [1.82, 2.24) is 4.72 Å². The molecule has 0 saturated carbocycles. The van der Waals surface area contributed by atoms with Crippen LogP contribution in [0, 0.1) is 0 Å². The van der Waals surface area contributed by atoms with Crippen LogP contribution in [0.3, 0.4) is 0 Å². The third kappa shape index (κ3) is 1.61. The largest absolute Gasteiger partial charge is 0.336 e. The third-order valence-corrected chi connectivity index (χ3v) is 2.04. The Morgan fingerprint density at radius 2 is 2.20 bits per heavy atom. The lowest BCUT2D eigenvalue weighted by Gasteiger charge is -2.01. The highest BCUT2D eigenvalue weighted by Gasteiger charge is 2.33. The molecule has 4 nitrogen and oxygen atoms in total. The first-order chi connectivity index (χ1) is 4.51. The van der Waals surface area contributed by atoms with Crippen LogP contribution >= 0.6 is 0 Å². The molecular formula is C3H5F2NO3S. The molecule has 1 saturated heterocycles. The minimum Gasteiger partial charge on any atom is -0.256 e. The maximum atomic E-state index is 11.7. The molecular weight excluding hydrogens is 168 g/mol. The van der Waals surface area contributed by atoms with Crippen LogP contribution < -0.4 is 4.72 Å². The number of hydrogen-bond donors (Lipinski definition) is 1. The summed E-state index contributed by atoms with van der Waals surface area (Å²) in [4.78, 5) is 0. The van der Waals surface area contributed by atoms with Gasteiger partial charge in [0.2, 0.25) is 0 Å². The first-order valence-corrected chi connectivity index (χ1v) is 3.87. The molecule has 0 aromatic carbocycles. The van der Waals surface area contributed by atoms with Crippen LogP contribution in [0.1, 0.15) is 0 Å². The molecule has 0 aliphatic carbocycles. The van der Waals surface area contributed by atoms with Gasteiger partial charge >= 0.3 is 10.3 Å². The molecule has 1 aliphatic rings. The van der Waals surface area contributed by atoms with Crippen LogP contribution in [-0.4, -0.2) is 27.5 Å². The van der Waals surface area contributed by atoms with Gasteiger partial charge in [-0.1, -0.05) is 0 Å². The normalized spacial score (nSPS) is 31.3. The Morgan fingerprint density at radius 3 is 2.40 bits per heavy atom. The molecule has 1 fully saturated rings. The Bertz CT molecular complexity index is 214. The summed E-state index contributed by atoms with van der Waals surface area (Å²) in [5.74, 6) is 0. The van der Waals surface area contributed by atoms with Crippen LogP contribution in [0.4, 0.5) is 8.78 Å². The second kappa shape index (κ2) is 2.40. The summed E-state index contributed by atoms with van der Waals surface area (Å²) >= 11 is 0. The lowest BCUT2D eigenvalue weighted by Crippen LogP contribution is -2.33. The molecule has 60 valence electrons. The molecule has 0 bridgehead atoms. The lowest BCUT2D eigenvalue weighted by molar-refractivity contribution is 0.0998. The van der Waals surface area contributed by atoms with Crippen LogP contribution in [0.2, 0.25) is 0 Å². The van der Waals surface area contributed by atoms with Gasteiger partial charge < -0.3 is 0 Å². The number of hydrogen-bond acceptors (Lipinski definition) is 3. The molecule has 7 heteroatoms. The van der Waals surface area contributed by atoms with Crippen molar-refractivity contribution in [3.63, 3.8) is 0 Å². The average Bonchev–Trinajstić information content (AvgIpc) is 2.10. The average molecular weight is 173 g/mol. The van der Waals surface area contributed by atoms with Gasteiger partial charge in [0.25, 0.3) is 6.43 Å². The van der Waals surface area contributed by atoms with E-state index in [0.717, 1.165) is 0 Å². The van der Waals surface area contributed by atoms with E-state index in [9.17, 15) is 17.2 Å². The standard InChI is InChI=1S/C3H5F2NO3S/c4-3(5)2-1-9-10(7,8)6-2/h2-3,6H,1H2/t2-/m0/s1. The molecule has 10 heavy (non-hydrogen) atoms. The highest BCUT2D eigenvalue weighted by atomic mass is 32.2. The van der Waals surface area contributed by atoms with Gasteiger partial charge in [-0.15, -0.1) is 0 Å². The minimum atomic E-state index is -3.87. The maximum Gasteiger partial charge on any atom is 0.336 e. The zero-order valence-corrected chi connectivity index (χ0v) is 5.57. The highest BCUT2D eigenvalue weighted by molar-refractivity contribution is 7.85. The molecule has 1 N–H and O–H groups in total. The van der Waals surface area contributed by atoms with E-state index >= 15 is 0 Å². The molecule has 0 spiro atoms. The quantitative estimate of drug-likeness (QED) is 0.580. The molecule has 1 heterocycles. The summed E-state index contributed by atoms with van der Waals surface area (Å²) < 4.78 is 49.5. The molecule has 0 radical (unpaired) electrons. The molecule has 1 atom stereocenters. The van der Waals surface area contributed by atoms with E-state index < -0.39 is 29.4 Å². The van der Waals surface area contributed by atoms with E-state index in [1.54, 1.807) is 4.72 Å². The van der Waals surface area contributed by atoms with Crippen molar-refractivity contribution in [3.8, 4) is 0 Å². The van der Waals surface area contributed by atoms with Gasteiger partial charge in [-0.3, -0.25) is 4.18 Å². The SMILES string of the molecule is O=S1(=O)N[C@H](C(F)F)CO1. The Balaban J connectivity index is 2.60. The Kier molecular flexibility index (Phi) is 1.88. The van der Waals surface area contributed by atoms with Crippen molar-refractivity contribution < 1.29 is 21.4 Å². The zero-order chi connectivity index (χ0) is 7.78. The smallest absolute Gasteiger partial charge is 0.256 e. The van der Waals surface area contributed by atoms with Gasteiger partial charge in [0.1, 0.15) is 6.04 Å².